The van der Waals surface area contributed by atoms with Gasteiger partial charge in [0.2, 0.25) is 10.0 Å². The van der Waals surface area contributed by atoms with Crippen molar-refractivity contribution in [3.8, 4) is 6.07 Å². The zero-order chi connectivity index (χ0) is 16.3. The predicted molar refractivity (Wildman–Crippen MR) is 85.1 cm³/mol. The lowest BCUT2D eigenvalue weighted by atomic mass is 9.82. The maximum Gasteiger partial charge on any atom is 0.216 e. The summed E-state index contributed by atoms with van der Waals surface area (Å²) in [6.07, 6.45) is 0.721. The molecule has 0 saturated heterocycles. The van der Waals surface area contributed by atoms with E-state index in [-0.39, 0.29) is 11.2 Å². The van der Waals surface area contributed by atoms with Crippen molar-refractivity contribution >= 4 is 10.0 Å². The molecular weight excluding hydrogens is 284 g/mol. The Morgan fingerprint density at radius 2 is 1.71 bits per heavy atom. The minimum Gasteiger partial charge on any atom is -0.212 e. The summed E-state index contributed by atoms with van der Waals surface area (Å²) in [6.45, 7) is 9.99. The third-order valence-corrected chi connectivity index (χ3v) is 4.44. The van der Waals surface area contributed by atoms with Gasteiger partial charge < -0.3 is 0 Å². The van der Waals surface area contributed by atoms with Crippen molar-refractivity contribution < 1.29 is 8.42 Å². The molecule has 0 saturated carbocycles. The van der Waals surface area contributed by atoms with Gasteiger partial charge in [-0.3, -0.25) is 0 Å². The van der Waals surface area contributed by atoms with E-state index in [0.29, 0.717) is 11.1 Å². The molecule has 1 N–H and O–H groups in total. The quantitative estimate of drug-likeness (QED) is 0.908. The smallest absolute Gasteiger partial charge is 0.212 e. The van der Waals surface area contributed by atoms with E-state index in [1.165, 1.54) is 0 Å². The first-order valence-corrected chi connectivity index (χ1v) is 8.59. The molecule has 0 unspecified atom stereocenters. The number of hydrogen-bond acceptors (Lipinski definition) is 3. The van der Waals surface area contributed by atoms with Gasteiger partial charge in [-0.1, -0.05) is 39.0 Å². The van der Waals surface area contributed by atoms with E-state index in [9.17, 15) is 8.42 Å². The summed E-state index contributed by atoms with van der Waals surface area (Å²) in [5, 5.41) is 9.04. The zero-order valence-electron chi connectivity index (χ0n) is 13.4. The van der Waals surface area contributed by atoms with Gasteiger partial charge in [0.05, 0.1) is 17.4 Å². The fourth-order valence-electron chi connectivity index (χ4n) is 2.78. The highest BCUT2D eigenvalue weighted by Gasteiger charge is 2.30. The van der Waals surface area contributed by atoms with Crippen LogP contribution in [0.1, 0.15) is 52.2 Å². The third kappa shape index (κ3) is 6.28. The van der Waals surface area contributed by atoms with Crippen LogP contribution in [0.4, 0.5) is 0 Å². The van der Waals surface area contributed by atoms with Crippen LogP contribution in [0, 0.1) is 16.7 Å². The van der Waals surface area contributed by atoms with Gasteiger partial charge in [-0.2, -0.15) is 5.26 Å². The molecule has 0 amide bonds. The molecular formula is C16H24N2O2S. The number of rotatable bonds is 5. The first kappa shape index (κ1) is 17.7. The van der Waals surface area contributed by atoms with Gasteiger partial charge in [-0.05, 0) is 37.3 Å². The lowest BCUT2D eigenvalue weighted by Crippen LogP contribution is -2.46. The molecule has 0 spiro atoms. The number of nitrogens with zero attached hydrogens (tertiary/aromatic N) is 1. The average molecular weight is 308 g/mol. The van der Waals surface area contributed by atoms with Crippen molar-refractivity contribution in [1.29, 1.82) is 5.26 Å². The predicted octanol–water partition coefficient (Wildman–Crippen LogP) is 3.19. The molecule has 0 atom stereocenters. The molecule has 0 aliphatic heterocycles. The average Bonchev–Trinajstić information content (AvgIpc) is 2.23. The molecule has 0 heterocycles. The van der Waals surface area contributed by atoms with Crippen molar-refractivity contribution in [1.82, 2.24) is 4.72 Å². The first-order chi connectivity index (χ1) is 9.44. The van der Waals surface area contributed by atoms with Crippen LogP contribution in [0.3, 0.4) is 0 Å². The van der Waals surface area contributed by atoms with Crippen LogP contribution < -0.4 is 4.72 Å². The SMILES string of the molecule is CC(C)(C)CC(C)(C)NS(=O)(=O)Cc1ccccc1C#N. The van der Waals surface area contributed by atoms with Gasteiger partial charge in [-0.25, -0.2) is 13.1 Å². The van der Waals surface area contributed by atoms with E-state index in [2.05, 4.69) is 25.5 Å². The Morgan fingerprint density at radius 1 is 1.14 bits per heavy atom. The highest BCUT2D eigenvalue weighted by atomic mass is 32.2. The minimum atomic E-state index is -3.50. The maximum absolute atomic E-state index is 12.3. The number of sulfonamides is 1. The Kier molecular flexibility index (Phi) is 5.19. The number of benzene rings is 1. The highest BCUT2D eigenvalue weighted by Crippen LogP contribution is 2.27. The Morgan fingerprint density at radius 3 is 2.24 bits per heavy atom. The molecule has 4 nitrogen and oxygen atoms in total. The molecule has 21 heavy (non-hydrogen) atoms. The van der Waals surface area contributed by atoms with E-state index in [1.54, 1.807) is 24.3 Å². The second-order valence-electron chi connectivity index (χ2n) is 7.25. The second kappa shape index (κ2) is 6.17. The fraction of sp³-hybridized carbons (Fsp3) is 0.562. The van der Waals surface area contributed by atoms with Crippen molar-refractivity contribution in [3.63, 3.8) is 0 Å². The van der Waals surface area contributed by atoms with Crippen molar-refractivity contribution in [3.05, 3.63) is 35.4 Å². The first-order valence-electron chi connectivity index (χ1n) is 6.94. The summed E-state index contributed by atoms with van der Waals surface area (Å²) in [4.78, 5) is 0. The molecule has 5 heteroatoms. The maximum atomic E-state index is 12.3. The van der Waals surface area contributed by atoms with Crippen molar-refractivity contribution in [2.45, 2.75) is 52.3 Å². The molecule has 0 aliphatic carbocycles. The molecule has 1 rings (SSSR count). The monoisotopic (exact) mass is 308 g/mol. The Labute approximate surface area is 128 Å². The van der Waals surface area contributed by atoms with E-state index < -0.39 is 15.6 Å². The van der Waals surface area contributed by atoms with E-state index in [4.69, 9.17) is 5.26 Å². The molecule has 1 aromatic rings. The van der Waals surface area contributed by atoms with Crippen LogP contribution in [0.5, 0.6) is 0 Å². The molecule has 0 aliphatic rings. The lowest BCUT2D eigenvalue weighted by molar-refractivity contribution is 0.269. The van der Waals surface area contributed by atoms with E-state index in [1.807, 2.05) is 19.9 Å². The van der Waals surface area contributed by atoms with Crippen LogP contribution >= 0.6 is 0 Å². The van der Waals surface area contributed by atoms with Gasteiger partial charge in [0.1, 0.15) is 0 Å². The molecule has 1 aromatic carbocycles. The Balaban J connectivity index is 2.91. The zero-order valence-corrected chi connectivity index (χ0v) is 14.2. The van der Waals surface area contributed by atoms with Crippen LogP contribution in [0.2, 0.25) is 0 Å². The van der Waals surface area contributed by atoms with Gasteiger partial charge in [0.25, 0.3) is 0 Å². The van der Waals surface area contributed by atoms with Crippen LogP contribution in [0.15, 0.2) is 24.3 Å². The molecule has 0 fully saturated rings. The van der Waals surface area contributed by atoms with Crippen LogP contribution in [0.25, 0.3) is 0 Å². The van der Waals surface area contributed by atoms with Crippen LogP contribution in [-0.2, 0) is 15.8 Å². The van der Waals surface area contributed by atoms with E-state index in [0.717, 1.165) is 6.42 Å². The number of nitriles is 1. The molecule has 0 aromatic heterocycles. The normalized spacial score (nSPS) is 13.0. The van der Waals surface area contributed by atoms with Crippen LogP contribution in [-0.4, -0.2) is 14.0 Å². The molecule has 0 radical (unpaired) electrons. The summed E-state index contributed by atoms with van der Waals surface area (Å²) >= 11 is 0. The Hall–Kier alpha value is -1.38. The van der Waals surface area contributed by atoms with Gasteiger partial charge in [-0.15, -0.1) is 0 Å². The largest absolute Gasteiger partial charge is 0.216 e. The molecule has 116 valence electrons. The van der Waals surface area contributed by atoms with Gasteiger partial charge >= 0.3 is 0 Å². The summed E-state index contributed by atoms with van der Waals surface area (Å²) < 4.78 is 27.4. The van der Waals surface area contributed by atoms with E-state index >= 15 is 0 Å². The standard InChI is InChI=1S/C16H24N2O2S/c1-15(2,3)12-16(4,5)18-21(19,20)11-14-9-7-6-8-13(14)10-17/h6-9,18H,11-12H2,1-5H3. The summed E-state index contributed by atoms with van der Waals surface area (Å²) in [5.41, 5.74) is 0.422. The van der Waals surface area contributed by atoms with Crippen molar-refractivity contribution in [2.75, 3.05) is 0 Å². The van der Waals surface area contributed by atoms with Crippen molar-refractivity contribution in [2.24, 2.45) is 5.41 Å². The summed E-state index contributed by atoms with van der Waals surface area (Å²) in [7, 11) is -3.50. The second-order valence-corrected chi connectivity index (χ2v) is 8.97. The third-order valence-electron chi connectivity index (χ3n) is 2.89. The fourth-order valence-corrected chi connectivity index (χ4v) is 4.43. The topological polar surface area (TPSA) is 70.0 Å². The Bertz CT molecular complexity index is 635. The van der Waals surface area contributed by atoms with Gasteiger partial charge in [0.15, 0.2) is 0 Å². The number of nitrogens with one attached hydrogen (secondary N) is 1. The lowest BCUT2D eigenvalue weighted by Gasteiger charge is -2.33. The minimum absolute atomic E-state index is 0.0244. The summed E-state index contributed by atoms with van der Waals surface area (Å²) in [6, 6.07) is 8.80. The molecule has 0 bridgehead atoms. The summed E-state index contributed by atoms with van der Waals surface area (Å²) in [5.74, 6) is -0.176. The number of hydrogen-bond donors (Lipinski definition) is 1. The highest BCUT2D eigenvalue weighted by molar-refractivity contribution is 7.88. The van der Waals surface area contributed by atoms with Gasteiger partial charge in [0, 0.05) is 5.54 Å².